The zero-order chi connectivity index (χ0) is 22.4. The number of aromatic nitrogens is 2. The monoisotopic (exact) mass is 422 g/mol. The number of para-hydroxylation sites is 2. The largest absolute Gasteiger partial charge is 0.465 e. The molecule has 0 amide bonds. The summed E-state index contributed by atoms with van der Waals surface area (Å²) >= 11 is 0. The molecule has 0 bridgehead atoms. The molecule has 32 heavy (non-hydrogen) atoms. The molecule has 4 aromatic rings. The van der Waals surface area contributed by atoms with Crippen LogP contribution in [0.3, 0.4) is 0 Å². The molecule has 0 atom stereocenters. The van der Waals surface area contributed by atoms with E-state index in [-0.39, 0.29) is 10.8 Å². The summed E-state index contributed by atoms with van der Waals surface area (Å²) in [6.45, 7) is 13.8. The van der Waals surface area contributed by atoms with E-state index in [0.29, 0.717) is 0 Å². The van der Waals surface area contributed by atoms with Gasteiger partial charge in [-0.3, -0.25) is 9.13 Å². The number of benzene rings is 3. The maximum absolute atomic E-state index is 6.73. The third-order valence-electron chi connectivity index (χ3n) is 7.68. The molecule has 0 spiro atoms. The molecule has 2 heterocycles. The summed E-state index contributed by atoms with van der Waals surface area (Å²) in [5, 5.41) is 0. The fourth-order valence-electron chi connectivity index (χ4n) is 5.79. The van der Waals surface area contributed by atoms with Gasteiger partial charge in [0.1, 0.15) is 22.7 Å². The number of nitrogens with zero attached hydrogens (tertiary/aromatic N) is 2. The standard InChI is InChI=1S/C29H30N2O/c1-18-9-7-10-19(2)25(18)30-17-31-22-14-13-20-24(29(5,6)16-15-28(20,3)4)27(22)32-23-12-8-11-21(30)26(23)31/h7-14H,15-16H2,1-6H3. The van der Waals surface area contributed by atoms with E-state index in [0.717, 1.165) is 34.6 Å². The lowest BCUT2D eigenvalue weighted by Crippen LogP contribution is -2.38. The van der Waals surface area contributed by atoms with Crippen LogP contribution in [0.2, 0.25) is 0 Å². The topological polar surface area (TPSA) is 18.0 Å². The maximum Gasteiger partial charge on any atom is 0.270 e. The predicted molar refractivity (Wildman–Crippen MR) is 128 cm³/mol. The Hall–Kier alpha value is -3.07. The molecule has 3 aromatic carbocycles. The molecule has 0 saturated heterocycles. The van der Waals surface area contributed by atoms with Gasteiger partial charge >= 0.3 is 0 Å². The molecule has 3 nitrogen and oxygen atoms in total. The average molecular weight is 423 g/mol. The average Bonchev–Trinajstić information content (AvgIpc) is 3.12. The summed E-state index contributed by atoms with van der Waals surface area (Å²) in [7, 11) is 0. The molecule has 162 valence electrons. The molecule has 3 heteroatoms. The van der Waals surface area contributed by atoms with Gasteiger partial charge in [0.15, 0.2) is 0 Å². The second kappa shape index (κ2) is 6.25. The van der Waals surface area contributed by atoms with Crippen LogP contribution in [0.4, 0.5) is 0 Å². The molecule has 2 aliphatic rings. The first kappa shape index (κ1) is 19.6. The number of imidazole rings is 1. The van der Waals surface area contributed by atoms with Crippen molar-refractivity contribution in [2.75, 3.05) is 0 Å². The Kier molecular flexibility index (Phi) is 3.83. The molecule has 0 radical (unpaired) electrons. The summed E-state index contributed by atoms with van der Waals surface area (Å²) < 4.78 is 11.2. The molecule has 1 aliphatic heterocycles. The van der Waals surface area contributed by atoms with Crippen LogP contribution in [-0.2, 0) is 10.8 Å². The molecule has 0 saturated carbocycles. The number of hydrogen-bond acceptors (Lipinski definition) is 1. The Bertz CT molecular complexity index is 1400. The molecule has 0 fully saturated rings. The lowest BCUT2D eigenvalue weighted by atomic mass is 9.62. The van der Waals surface area contributed by atoms with Gasteiger partial charge in [-0.15, -0.1) is 0 Å². The molecule has 1 aliphatic carbocycles. The fraction of sp³-hybridized carbons (Fsp3) is 0.345. The van der Waals surface area contributed by atoms with E-state index in [1.54, 1.807) is 0 Å². The van der Waals surface area contributed by atoms with Crippen LogP contribution in [0.1, 0.15) is 62.8 Å². The predicted octanol–water partition coefficient (Wildman–Crippen LogP) is 6.78. The van der Waals surface area contributed by atoms with Crippen LogP contribution in [0.25, 0.3) is 22.4 Å². The summed E-state index contributed by atoms with van der Waals surface area (Å²) in [6, 6.07) is 17.4. The van der Waals surface area contributed by atoms with Crippen molar-refractivity contribution in [1.82, 2.24) is 4.57 Å². The minimum absolute atomic E-state index is 0.0668. The van der Waals surface area contributed by atoms with Gasteiger partial charge in [0.25, 0.3) is 6.33 Å². The summed E-state index contributed by atoms with van der Waals surface area (Å²) in [4.78, 5) is 0. The van der Waals surface area contributed by atoms with Crippen molar-refractivity contribution < 1.29 is 9.30 Å². The first-order chi connectivity index (χ1) is 15.2. The number of rotatable bonds is 1. The molecule has 0 N–H and O–H groups in total. The fourth-order valence-corrected chi connectivity index (χ4v) is 5.79. The SMILES string of the molecule is Cc1cccc(C)c1-n1[c-][n+]2c3c(cccc31)Oc1c-2ccc2c1C(C)(C)CCC2(C)C. The van der Waals surface area contributed by atoms with Gasteiger partial charge in [-0.05, 0) is 66.3 Å². The van der Waals surface area contributed by atoms with Crippen molar-refractivity contribution in [2.45, 2.75) is 65.2 Å². The highest BCUT2D eigenvalue weighted by atomic mass is 16.5. The maximum atomic E-state index is 6.73. The van der Waals surface area contributed by atoms with Gasteiger partial charge < -0.3 is 4.74 Å². The van der Waals surface area contributed by atoms with Crippen LogP contribution in [-0.4, -0.2) is 4.57 Å². The normalized spacial score (nSPS) is 17.6. The zero-order valence-corrected chi connectivity index (χ0v) is 19.8. The highest BCUT2D eigenvalue weighted by Crippen LogP contribution is 2.52. The third-order valence-corrected chi connectivity index (χ3v) is 7.68. The zero-order valence-electron chi connectivity index (χ0n) is 19.8. The van der Waals surface area contributed by atoms with Crippen molar-refractivity contribution in [1.29, 1.82) is 0 Å². The van der Waals surface area contributed by atoms with E-state index >= 15 is 0 Å². The number of hydrogen-bond donors (Lipinski definition) is 0. The van der Waals surface area contributed by atoms with Crippen molar-refractivity contribution in [2.24, 2.45) is 0 Å². The second-order valence-electron chi connectivity index (χ2n) is 10.8. The van der Waals surface area contributed by atoms with E-state index in [1.165, 1.54) is 34.4 Å². The van der Waals surface area contributed by atoms with E-state index in [4.69, 9.17) is 4.74 Å². The van der Waals surface area contributed by atoms with Crippen molar-refractivity contribution >= 4 is 11.0 Å². The quantitative estimate of drug-likeness (QED) is 0.215. The number of aryl methyl sites for hydroxylation is 2. The van der Waals surface area contributed by atoms with Gasteiger partial charge in [-0.2, -0.15) is 0 Å². The van der Waals surface area contributed by atoms with Gasteiger partial charge in [-0.25, -0.2) is 0 Å². The first-order valence-electron chi connectivity index (χ1n) is 11.6. The minimum Gasteiger partial charge on any atom is -0.465 e. The smallest absolute Gasteiger partial charge is 0.270 e. The van der Waals surface area contributed by atoms with Crippen molar-refractivity contribution in [3.63, 3.8) is 0 Å². The van der Waals surface area contributed by atoms with Crippen LogP contribution >= 0.6 is 0 Å². The molecule has 1 aromatic heterocycles. The van der Waals surface area contributed by atoms with Crippen LogP contribution < -0.4 is 9.30 Å². The lowest BCUT2D eigenvalue weighted by Gasteiger charge is -2.43. The van der Waals surface area contributed by atoms with Crippen LogP contribution in [0.15, 0.2) is 48.5 Å². The third kappa shape index (κ3) is 2.51. The van der Waals surface area contributed by atoms with E-state index in [9.17, 15) is 0 Å². The molecule has 0 unspecified atom stereocenters. The van der Waals surface area contributed by atoms with Gasteiger partial charge in [0.2, 0.25) is 0 Å². The first-order valence-corrected chi connectivity index (χ1v) is 11.6. The molecular formula is C29H30N2O. The Morgan fingerprint density at radius 3 is 2.31 bits per heavy atom. The van der Waals surface area contributed by atoms with Gasteiger partial charge in [0.05, 0.1) is 11.2 Å². The summed E-state index contributed by atoms with van der Waals surface area (Å²) in [6.07, 6.45) is 6.04. The Morgan fingerprint density at radius 1 is 0.875 bits per heavy atom. The Morgan fingerprint density at radius 2 is 1.56 bits per heavy atom. The second-order valence-corrected chi connectivity index (χ2v) is 10.8. The highest BCUT2D eigenvalue weighted by Gasteiger charge is 2.41. The van der Waals surface area contributed by atoms with Gasteiger partial charge in [0, 0.05) is 5.56 Å². The van der Waals surface area contributed by atoms with Crippen LogP contribution in [0.5, 0.6) is 11.5 Å². The molecular weight excluding hydrogens is 392 g/mol. The van der Waals surface area contributed by atoms with Crippen molar-refractivity contribution in [3.8, 4) is 22.9 Å². The van der Waals surface area contributed by atoms with Gasteiger partial charge in [-0.1, -0.05) is 64.1 Å². The molecule has 6 rings (SSSR count). The van der Waals surface area contributed by atoms with Crippen molar-refractivity contribution in [3.05, 3.63) is 77.1 Å². The lowest BCUT2D eigenvalue weighted by molar-refractivity contribution is -0.575. The van der Waals surface area contributed by atoms with Crippen LogP contribution in [0, 0.1) is 20.2 Å². The minimum atomic E-state index is 0.0668. The number of ether oxygens (including phenoxy) is 1. The number of fused-ring (bicyclic) bond motifs is 4. The highest BCUT2D eigenvalue weighted by molar-refractivity contribution is 5.83. The Balaban J connectivity index is 1.69. The Labute approximate surface area is 190 Å². The summed E-state index contributed by atoms with van der Waals surface area (Å²) in [5.41, 5.74) is 9.94. The summed E-state index contributed by atoms with van der Waals surface area (Å²) in [5.74, 6) is 1.91. The van der Waals surface area contributed by atoms with E-state index < -0.39 is 0 Å². The van der Waals surface area contributed by atoms with E-state index in [2.05, 4.69) is 106 Å². The van der Waals surface area contributed by atoms with E-state index in [1.807, 2.05) is 0 Å².